The Labute approximate surface area is 119 Å². The van der Waals surface area contributed by atoms with Crippen molar-refractivity contribution in [2.24, 2.45) is 11.5 Å². The second-order valence-corrected chi connectivity index (χ2v) is 5.65. The number of benzene rings is 2. The van der Waals surface area contributed by atoms with Crippen molar-refractivity contribution < 1.29 is 0 Å². The molecule has 0 radical (unpaired) electrons. The van der Waals surface area contributed by atoms with Gasteiger partial charge in [-0.15, -0.1) is 0 Å². The molecular formula is C16H20N2S. The molecule has 0 bridgehead atoms. The van der Waals surface area contributed by atoms with Crippen molar-refractivity contribution in [1.29, 1.82) is 0 Å². The lowest BCUT2D eigenvalue weighted by Gasteiger charge is -2.15. The summed E-state index contributed by atoms with van der Waals surface area (Å²) in [6.45, 7) is 0. The van der Waals surface area contributed by atoms with Gasteiger partial charge in [-0.2, -0.15) is 11.8 Å². The fourth-order valence-electron chi connectivity index (χ4n) is 1.91. The first-order valence-electron chi connectivity index (χ1n) is 6.46. The van der Waals surface area contributed by atoms with Crippen molar-refractivity contribution in [3.05, 3.63) is 71.8 Å². The molecule has 0 aliphatic carbocycles. The summed E-state index contributed by atoms with van der Waals surface area (Å²) >= 11 is 1.81. The Kier molecular flexibility index (Phi) is 5.45. The van der Waals surface area contributed by atoms with Gasteiger partial charge in [0.2, 0.25) is 0 Å². The molecule has 2 nitrogen and oxygen atoms in total. The Hall–Kier alpha value is -1.29. The lowest BCUT2D eigenvalue weighted by Crippen LogP contribution is -2.17. The first kappa shape index (κ1) is 14.1. The highest BCUT2D eigenvalue weighted by Gasteiger charge is 2.08. The van der Waals surface area contributed by atoms with Gasteiger partial charge in [-0.1, -0.05) is 60.7 Å². The maximum absolute atomic E-state index is 6.16. The van der Waals surface area contributed by atoms with E-state index in [0.717, 1.165) is 11.5 Å². The first-order chi connectivity index (χ1) is 9.27. The smallest absolute Gasteiger partial charge is 0.0386 e. The van der Waals surface area contributed by atoms with Crippen LogP contribution in [-0.2, 0) is 0 Å². The van der Waals surface area contributed by atoms with Gasteiger partial charge in [-0.3, -0.25) is 0 Å². The molecule has 100 valence electrons. The highest BCUT2D eigenvalue weighted by Crippen LogP contribution is 2.20. The zero-order valence-corrected chi connectivity index (χ0v) is 11.7. The summed E-state index contributed by atoms with van der Waals surface area (Å²) in [5.41, 5.74) is 14.7. The molecule has 0 aliphatic heterocycles. The Balaban J connectivity index is 1.78. The van der Waals surface area contributed by atoms with E-state index in [0.29, 0.717) is 0 Å². The van der Waals surface area contributed by atoms with Crippen LogP contribution in [0.1, 0.15) is 23.2 Å². The highest BCUT2D eigenvalue weighted by atomic mass is 32.2. The fraction of sp³-hybridized carbons (Fsp3) is 0.250. The van der Waals surface area contributed by atoms with Crippen LogP contribution in [0.4, 0.5) is 0 Å². The average molecular weight is 272 g/mol. The molecule has 2 aromatic rings. The summed E-state index contributed by atoms with van der Waals surface area (Å²) in [4.78, 5) is 0. The molecule has 0 amide bonds. The average Bonchev–Trinajstić information content (AvgIpc) is 2.49. The van der Waals surface area contributed by atoms with Crippen LogP contribution < -0.4 is 11.5 Å². The van der Waals surface area contributed by atoms with E-state index < -0.39 is 0 Å². The van der Waals surface area contributed by atoms with Crippen LogP contribution in [0, 0.1) is 0 Å². The predicted octanol–water partition coefficient (Wildman–Crippen LogP) is 3.12. The second kappa shape index (κ2) is 7.34. The molecule has 0 aliphatic rings. The van der Waals surface area contributed by atoms with Crippen molar-refractivity contribution in [3.8, 4) is 0 Å². The van der Waals surface area contributed by atoms with Gasteiger partial charge in [0.1, 0.15) is 0 Å². The molecule has 0 aromatic heterocycles. The summed E-state index contributed by atoms with van der Waals surface area (Å²) < 4.78 is 0. The van der Waals surface area contributed by atoms with Crippen LogP contribution in [0.25, 0.3) is 0 Å². The third kappa shape index (κ3) is 4.39. The van der Waals surface area contributed by atoms with Crippen LogP contribution in [0.5, 0.6) is 0 Å². The van der Waals surface area contributed by atoms with E-state index in [2.05, 4.69) is 24.3 Å². The number of thioether (sulfide) groups is 1. The normalized spacial score (nSPS) is 14.0. The topological polar surface area (TPSA) is 52.0 Å². The molecule has 19 heavy (non-hydrogen) atoms. The molecular weight excluding hydrogens is 252 g/mol. The summed E-state index contributed by atoms with van der Waals surface area (Å²) in [6, 6.07) is 20.6. The summed E-state index contributed by atoms with van der Waals surface area (Å²) in [6.07, 6.45) is 0. The summed E-state index contributed by atoms with van der Waals surface area (Å²) in [7, 11) is 0. The van der Waals surface area contributed by atoms with E-state index >= 15 is 0 Å². The van der Waals surface area contributed by atoms with Crippen LogP contribution >= 0.6 is 11.8 Å². The van der Waals surface area contributed by atoms with E-state index in [-0.39, 0.29) is 12.1 Å². The molecule has 2 aromatic carbocycles. The zero-order chi connectivity index (χ0) is 13.5. The van der Waals surface area contributed by atoms with Crippen molar-refractivity contribution in [3.63, 3.8) is 0 Å². The molecule has 0 unspecified atom stereocenters. The third-order valence-electron chi connectivity index (χ3n) is 3.05. The van der Waals surface area contributed by atoms with Gasteiger partial charge in [0.15, 0.2) is 0 Å². The molecule has 4 N–H and O–H groups in total. The molecule has 3 heteroatoms. The number of rotatable bonds is 6. The maximum atomic E-state index is 6.16. The van der Waals surface area contributed by atoms with Gasteiger partial charge in [0.05, 0.1) is 0 Å². The number of hydrogen-bond donors (Lipinski definition) is 2. The zero-order valence-electron chi connectivity index (χ0n) is 10.9. The van der Waals surface area contributed by atoms with Crippen LogP contribution in [-0.4, -0.2) is 11.5 Å². The molecule has 0 saturated heterocycles. The molecule has 0 heterocycles. The van der Waals surface area contributed by atoms with E-state index in [1.54, 1.807) is 0 Å². The van der Waals surface area contributed by atoms with E-state index in [4.69, 9.17) is 11.5 Å². The molecule has 2 rings (SSSR count). The quantitative estimate of drug-likeness (QED) is 0.849. The minimum atomic E-state index is 0.0779. The van der Waals surface area contributed by atoms with Crippen LogP contribution in [0.2, 0.25) is 0 Å². The van der Waals surface area contributed by atoms with Crippen molar-refractivity contribution in [2.45, 2.75) is 12.1 Å². The van der Waals surface area contributed by atoms with Crippen LogP contribution in [0.3, 0.4) is 0 Å². The van der Waals surface area contributed by atoms with Gasteiger partial charge in [0, 0.05) is 23.6 Å². The number of nitrogens with two attached hydrogens (primary N) is 2. The van der Waals surface area contributed by atoms with E-state index in [1.807, 2.05) is 48.2 Å². The monoisotopic (exact) mass is 272 g/mol. The van der Waals surface area contributed by atoms with Crippen molar-refractivity contribution in [2.75, 3.05) is 11.5 Å². The van der Waals surface area contributed by atoms with Crippen LogP contribution in [0.15, 0.2) is 60.7 Å². The van der Waals surface area contributed by atoms with Gasteiger partial charge in [-0.25, -0.2) is 0 Å². The Bertz CT molecular complexity index is 427. The lowest BCUT2D eigenvalue weighted by molar-refractivity contribution is 0.811. The molecule has 0 fully saturated rings. The van der Waals surface area contributed by atoms with E-state index in [9.17, 15) is 0 Å². The highest BCUT2D eigenvalue weighted by molar-refractivity contribution is 7.99. The fourth-order valence-corrected chi connectivity index (χ4v) is 2.94. The molecule has 0 spiro atoms. The summed E-state index contributed by atoms with van der Waals surface area (Å²) in [5.74, 6) is 1.79. The van der Waals surface area contributed by atoms with Gasteiger partial charge in [0.25, 0.3) is 0 Å². The van der Waals surface area contributed by atoms with Gasteiger partial charge in [-0.05, 0) is 11.1 Å². The Morgan fingerprint density at radius 3 is 1.42 bits per heavy atom. The first-order valence-corrected chi connectivity index (χ1v) is 7.61. The van der Waals surface area contributed by atoms with Crippen molar-refractivity contribution >= 4 is 11.8 Å². The Morgan fingerprint density at radius 2 is 1.05 bits per heavy atom. The largest absolute Gasteiger partial charge is 0.323 e. The molecule has 2 atom stereocenters. The van der Waals surface area contributed by atoms with Gasteiger partial charge < -0.3 is 11.5 Å². The van der Waals surface area contributed by atoms with Gasteiger partial charge >= 0.3 is 0 Å². The predicted molar refractivity (Wildman–Crippen MR) is 84.1 cm³/mol. The minimum absolute atomic E-state index is 0.0779. The number of hydrogen-bond acceptors (Lipinski definition) is 3. The summed E-state index contributed by atoms with van der Waals surface area (Å²) in [5, 5.41) is 0. The lowest BCUT2D eigenvalue weighted by atomic mass is 10.1. The van der Waals surface area contributed by atoms with E-state index in [1.165, 1.54) is 11.1 Å². The Morgan fingerprint density at radius 1 is 0.684 bits per heavy atom. The third-order valence-corrected chi connectivity index (χ3v) is 4.24. The standard InChI is InChI=1S/C16H20N2S/c17-15(13-7-3-1-4-8-13)11-19-12-16(18)14-9-5-2-6-10-14/h1-10,15-16H,11-12,17-18H2/t15-,16-/m1/s1. The SMILES string of the molecule is N[C@H](CSC[C@@H](N)c1ccccc1)c1ccccc1. The second-order valence-electron chi connectivity index (χ2n) is 4.57. The maximum Gasteiger partial charge on any atom is 0.0386 e. The minimum Gasteiger partial charge on any atom is -0.323 e. The molecule has 0 saturated carbocycles. The van der Waals surface area contributed by atoms with Crippen molar-refractivity contribution in [1.82, 2.24) is 0 Å².